The molecule has 0 aliphatic heterocycles. The number of hydrogen-bond donors (Lipinski definition) is 3. The second-order valence-corrected chi connectivity index (χ2v) is 8.09. The van der Waals surface area contributed by atoms with E-state index in [1.54, 1.807) is 23.0 Å². The van der Waals surface area contributed by atoms with Gasteiger partial charge in [0.1, 0.15) is 28.8 Å². The number of aliphatic hydroxyl groups is 3. The SMILES string of the molecule is OC[C@H]1C[C@@H](n2cnc3c(SCc4c(F)cccc4Cl)ncnc32)[C@H](O)[C@@H]1O. The maximum atomic E-state index is 14.0. The molecule has 0 amide bonds. The molecule has 0 bridgehead atoms. The fourth-order valence-electron chi connectivity index (χ4n) is 3.55. The Hall–Kier alpha value is -1.78. The number of imidazole rings is 1. The van der Waals surface area contributed by atoms with Gasteiger partial charge in [0.15, 0.2) is 5.65 Å². The first kappa shape index (κ1) is 19.5. The third-order valence-electron chi connectivity index (χ3n) is 5.10. The smallest absolute Gasteiger partial charge is 0.164 e. The maximum absolute atomic E-state index is 14.0. The Bertz CT molecular complexity index is 984. The summed E-state index contributed by atoms with van der Waals surface area (Å²) >= 11 is 7.37. The molecule has 1 aliphatic rings. The van der Waals surface area contributed by atoms with E-state index in [2.05, 4.69) is 15.0 Å². The van der Waals surface area contributed by atoms with E-state index in [1.165, 1.54) is 24.2 Å². The van der Waals surface area contributed by atoms with Gasteiger partial charge >= 0.3 is 0 Å². The molecule has 28 heavy (non-hydrogen) atoms. The molecule has 1 aromatic carbocycles. The van der Waals surface area contributed by atoms with Crippen LogP contribution in [-0.2, 0) is 5.75 Å². The topological polar surface area (TPSA) is 104 Å². The van der Waals surface area contributed by atoms with Gasteiger partial charge in [-0.1, -0.05) is 29.4 Å². The summed E-state index contributed by atoms with van der Waals surface area (Å²) in [6.07, 6.45) is 1.29. The second kappa shape index (κ2) is 7.92. The molecule has 0 radical (unpaired) electrons. The number of rotatable bonds is 5. The van der Waals surface area contributed by atoms with Crippen LogP contribution < -0.4 is 0 Å². The normalized spacial score (nSPS) is 24.9. The summed E-state index contributed by atoms with van der Waals surface area (Å²) in [5, 5.41) is 30.7. The van der Waals surface area contributed by atoms with Crippen LogP contribution in [0.25, 0.3) is 11.2 Å². The van der Waals surface area contributed by atoms with Crippen LogP contribution in [0, 0.1) is 11.7 Å². The number of fused-ring (bicyclic) bond motifs is 1. The molecule has 148 valence electrons. The summed E-state index contributed by atoms with van der Waals surface area (Å²) in [5.74, 6) is -0.507. The van der Waals surface area contributed by atoms with Crippen LogP contribution in [-0.4, -0.2) is 53.7 Å². The van der Waals surface area contributed by atoms with Gasteiger partial charge in [-0.15, -0.1) is 0 Å². The second-order valence-electron chi connectivity index (χ2n) is 6.72. The summed E-state index contributed by atoms with van der Waals surface area (Å²) in [6, 6.07) is 4.09. The Balaban J connectivity index is 1.62. The van der Waals surface area contributed by atoms with Crippen LogP contribution in [0.4, 0.5) is 4.39 Å². The minimum Gasteiger partial charge on any atom is -0.396 e. The van der Waals surface area contributed by atoms with E-state index in [1.807, 2.05) is 0 Å². The fourth-order valence-corrected chi connectivity index (χ4v) is 4.83. The van der Waals surface area contributed by atoms with E-state index < -0.39 is 24.2 Å². The number of benzene rings is 1. The highest BCUT2D eigenvalue weighted by Gasteiger charge is 2.42. The third kappa shape index (κ3) is 3.37. The lowest BCUT2D eigenvalue weighted by atomic mass is 10.1. The predicted molar refractivity (Wildman–Crippen MR) is 103 cm³/mol. The summed E-state index contributed by atoms with van der Waals surface area (Å²) < 4.78 is 15.7. The van der Waals surface area contributed by atoms with Gasteiger partial charge in [0, 0.05) is 28.9 Å². The molecule has 4 rings (SSSR count). The van der Waals surface area contributed by atoms with Crippen molar-refractivity contribution >= 4 is 34.5 Å². The van der Waals surface area contributed by atoms with Crippen molar-refractivity contribution in [3.63, 3.8) is 0 Å². The Morgan fingerprint density at radius 3 is 2.75 bits per heavy atom. The minimum atomic E-state index is -1.03. The number of thioether (sulfide) groups is 1. The summed E-state index contributed by atoms with van der Waals surface area (Å²) in [5.41, 5.74) is 1.42. The first-order chi connectivity index (χ1) is 13.5. The number of nitrogens with zero attached hydrogens (tertiary/aromatic N) is 4. The molecule has 7 nitrogen and oxygen atoms in total. The zero-order chi connectivity index (χ0) is 19.8. The standard InChI is InChI=1S/C18H18ClFN4O3S/c19-11-2-1-3-12(20)10(11)6-28-18-14-17(21-7-22-18)24(8-23-14)13-4-9(5-25)15(26)16(13)27/h1-3,7-9,13,15-16,25-27H,4-6H2/t9-,13-,15-,16+/m1/s1. The summed E-state index contributed by atoms with van der Waals surface area (Å²) in [7, 11) is 0. The molecule has 1 aliphatic carbocycles. The lowest BCUT2D eigenvalue weighted by Crippen LogP contribution is -2.30. The first-order valence-corrected chi connectivity index (χ1v) is 10.1. The van der Waals surface area contributed by atoms with Gasteiger partial charge in [0.2, 0.25) is 0 Å². The first-order valence-electron chi connectivity index (χ1n) is 8.71. The quantitative estimate of drug-likeness (QED) is 0.426. The van der Waals surface area contributed by atoms with Crippen molar-refractivity contribution in [3.8, 4) is 0 Å². The molecule has 2 heterocycles. The summed E-state index contributed by atoms with van der Waals surface area (Å²) in [6.45, 7) is -0.207. The van der Waals surface area contributed by atoms with Gasteiger partial charge in [-0.3, -0.25) is 0 Å². The molecule has 2 aromatic heterocycles. The lowest BCUT2D eigenvalue weighted by molar-refractivity contribution is -0.00370. The van der Waals surface area contributed by atoms with Gasteiger partial charge in [0.25, 0.3) is 0 Å². The van der Waals surface area contributed by atoms with Crippen LogP contribution in [0.5, 0.6) is 0 Å². The Kier molecular flexibility index (Phi) is 5.52. The molecule has 1 saturated carbocycles. The molecular weight excluding hydrogens is 407 g/mol. The van der Waals surface area contributed by atoms with Crippen molar-refractivity contribution in [2.24, 2.45) is 5.92 Å². The van der Waals surface area contributed by atoms with E-state index in [-0.39, 0.29) is 18.2 Å². The average molecular weight is 425 g/mol. The van der Waals surface area contributed by atoms with E-state index >= 15 is 0 Å². The van der Waals surface area contributed by atoms with Crippen molar-refractivity contribution in [2.75, 3.05) is 6.61 Å². The van der Waals surface area contributed by atoms with Gasteiger partial charge < -0.3 is 19.9 Å². The van der Waals surface area contributed by atoms with Gasteiger partial charge in [-0.05, 0) is 18.6 Å². The van der Waals surface area contributed by atoms with E-state index in [0.29, 0.717) is 33.2 Å². The molecule has 3 N–H and O–H groups in total. The van der Waals surface area contributed by atoms with Crippen LogP contribution in [0.15, 0.2) is 35.9 Å². The molecule has 3 aromatic rings. The largest absolute Gasteiger partial charge is 0.396 e. The Morgan fingerprint density at radius 1 is 1.21 bits per heavy atom. The van der Waals surface area contributed by atoms with Crippen molar-refractivity contribution in [1.82, 2.24) is 19.5 Å². The third-order valence-corrected chi connectivity index (χ3v) is 6.46. The molecule has 0 unspecified atom stereocenters. The fraction of sp³-hybridized carbons (Fsp3) is 0.389. The predicted octanol–water partition coefficient (Wildman–Crippen LogP) is 2.19. The minimum absolute atomic E-state index is 0.207. The maximum Gasteiger partial charge on any atom is 0.164 e. The number of aromatic nitrogens is 4. The van der Waals surface area contributed by atoms with E-state index in [0.717, 1.165) is 0 Å². The van der Waals surface area contributed by atoms with Crippen LogP contribution in [0.2, 0.25) is 5.02 Å². The molecule has 1 fully saturated rings. The van der Waals surface area contributed by atoms with Gasteiger partial charge in [0.05, 0.1) is 18.5 Å². The zero-order valence-corrected chi connectivity index (χ0v) is 16.2. The van der Waals surface area contributed by atoms with Crippen molar-refractivity contribution < 1.29 is 19.7 Å². The van der Waals surface area contributed by atoms with Gasteiger partial charge in [-0.25, -0.2) is 19.3 Å². The number of halogens is 2. The highest BCUT2D eigenvalue weighted by Crippen LogP contribution is 2.37. The molecule has 10 heteroatoms. The van der Waals surface area contributed by atoms with E-state index in [4.69, 9.17) is 11.6 Å². The molecular formula is C18H18ClFN4O3S. The number of aliphatic hydroxyl groups excluding tert-OH is 3. The average Bonchev–Trinajstić information content (AvgIpc) is 3.23. The van der Waals surface area contributed by atoms with Gasteiger partial charge in [-0.2, -0.15) is 0 Å². The lowest BCUT2D eigenvalue weighted by Gasteiger charge is -2.18. The molecule has 0 saturated heterocycles. The molecule has 0 spiro atoms. The summed E-state index contributed by atoms with van der Waals surface area (Å²) in [4.78, 5) is 12.9. The van der Waals surface area contributed by atoms with Crippen LogP contribution in [0.3, 0.4) is 0 Å². The zero-order valence-electron chi connectivity index (χ0n) is 14.6. The highest BCUT2D eigenvalue weighted by atomic mass is 35.5. The monoisotopic (exact) mass is 424 g/mol. The van der Waals surface area contributed by atoms with Crippen LogP contribution in [0.1, 0.15) is 18.0 Å². The van der Waals surface area contributed by atoms with Crippen LogP contribution >= 0.6 is 23.4 Å². The van der Waals surface area contributed by atoms with Crippen molar-refractivity contribution in [3.05, 3.63) is 47.3 Å². The van der Waals surface area contributed by atoms with E-state index in [9.17, 15) is 19.7 Å². The number of hydrogen-bond acceptors (Lipinski definition) is 7. The Morgan fingerprint density at radius 2 is 2.04 bits per heavy atom. The van der Waals surface area contributed by atoms with Crippen molar-refractivity contribution in [1.29, 1.82) is 0 Å². The molecule has 4 atom stereocenters. The Labute approximate surface area is 169 Å². The highest BCUT2D eigenvalue weighted by molar-refractivity contribution is 7.98. The van der Waals surface area contributed by atoms with Crippen molar-refractivity contribution in [2.45, 2.75) is 35.4 Å².